The average Bonchev–Trinajstić information content (AvgIpc) is 3.80. The van der Waals surface area contributed by atoms with Gasteiger partial charge in [0, 0.05) is 38.2 Å². The molecule has 0 fully saturated rings. The summed E-state index contributed by atoms with van der Waals surface area (Å²) in [5, 5.41) is 11.5. The molecular formula is C51H30N4O. The summed E-state index contributed by atoms with van der Waals surface area (Å²) in [7, 11) is 0. The molecule has 56 heavy (non-hydrogen) atoms. The van der Waals surface area contributed by atoms with E-state index in [0.29, 0.717) is 17.5 Å². The Balaban J connectivity index is 1.25. The van der Waals surface area contributed by atoms with Crippen molar-refractivity contribution in [1.29, 1.82) is 0 Å². The van der Waals surface area contributed by atoms with Gasteiger partial charge in [0.1, 0.15) is 5.58 Å². The van der Waals surface area contributed by atoms with Gasteiger partial charge in [0.05, 0.1) is 16.7 Å². The number of hydrogen-bond acceptors (Lipinski definition) is 4. The van der Waals surface area contributed by atoms with Crippen LogP contribution < -0.4 is 0 Å². The quantitative estimate of drug-likeness (QED) is 0.182. The van der Waals surface area contributed by atoms with Crippen molar-refractivity contribution in [2.45, 2.75) is 0 Å². The molecule has 260 valence electrons. The van der Waals surface area contributed by atoms with Crippen LogP contribution >= 0.6 is 0 Å². The summed E-state index contributed by atoms with van der Waals surface area (Å²) in [6, 6.07) is 63.9. The van der Waals surface area contributed by atoms with Gasteiger partial charge in [-0.1, -0.05) is 140 Å². The zero-order valence-electron chi connectivity index (χ0n) is 30.0. The molecule has 0 bridgehead atoms. The van der Waals surface area contributed by atoms with Gasteiger partial charge in [0.2, 0.25) is 0 Å². The van der Waals surface area contributed by atoms with Gasteiger partial charge in [-0.2, -0.15) is 0 Å². The van der Waals surface area contributed by atoms with Crippen LogP contribution in [0.3, 0.4) is 0 Å². The molecule has 0 amide bonds. The van der Waals surface area contributed by atoms with Gasteiger partial charge in [0.15, 0.2) is 23.1 Å². The Morgan fingerprint density at radius 2 is 0.839 bits per heavy atom. The molecule has 3 heterocycles. The Morgan fingerprint density at radius 1 is 0.357 bits per heavy atom. The lowest BCUT2D eigenvalue weighted by atomic mass is 10.0. The minimum Gasteiger partial charge on any atom is -0.454 e. The minimum atomic E-state index is 0.590. The fraction of sp³-hybridized carbons (Fsp3) is 0. The van der Waals surface area contributed by atoms with E-state index in [1.165, 1.54) is 32.3 Å². The van der Waals surface area contributed by atoms with Gasteiger partial charge in [0.25, 0.3) is 0 Å². The van der Waals surface area contributed by atoms with Crippen molar-refractivity contribution in [2.24, 2.45) is 0 Å². The number of furan rings is 1. The van der Waals surface area contributed by atoms with Crippen molar-refractivity contribution >= 4 is 76.1 Å². The summed E-state index contributed by atoms with van der Waals surface area (Å²) < 4.78 is 9.38. The van der Waals surface area contributed by atoms with Gasteiger partial charge >= 0.3 is 0 Å². The fourth-order valence-electron chi connectivity index (χ4n) is 8.51. The summed E-state index contributed by atoms with van der Waals surface area (Å²) in [6.45, 7) is 0. The van der Waals surface area contributed by atoms with Crippen molar-refractivity contribution in [2.75, 3.05) is 0 Å². The molecule has 12 rings (SSSR count). The minimum absolute atomic E-state index is 0.590. The molecule has 0 saturated heterocycles. The van der Waals surface area contributed by atoms with E-state index in [9.17, 15) is 0 Å². The molecular weight excluding hydrogens is 685 g/mol. The van der Waals surface area contributed by atoms with Crippen LogP contribution in [-0.4, -0.2) is 19.5 Å². The number of benzene rings is 9. The third-order valence-electron chi connectivity index (χ3n) is 11.1. The maximum absolute atomic E-state index is 6.99. The van der Waals surface area contributed by atoms with E-state index in [0.717, 1.165) is 66.1 Å². The zero-order valence-corrected chi connectivity index (χ0v) is 30.0. The van der Waals surface area contributed by atoms with Crippen molar-refractivity contribution < 1.29 is 4.42 Å². The lowest BCUT2D eigenvalue weighted by molar-refractivity contribution is 0.666. The van der Waals surface area contributed by atoms with Crippen molar-refractivity contribution in [1.82, 2.24) is 19.5 Å². The lowest BCUT2D eigenvalue weighted by Gasteiger charge is -2.13. The Hall–Kier alpha value is -7.63. The third kappa shape index (κ3) is 4.71. The van der Waals surface area contributed by atoms with Crippen LogP contribution in [0, 0.1) is 0 Å². The predicted molar refractivity (Wildman–Crippen MR) is 230 cm³/mol. The van der Waals surface area contributed by atoms with Crippen LogP contribution in [0.4, 0.5) is 0 Å². The van der Waals surface area contributed by atoms with Crippen LogP contribution in [0.2, 0.25) is 0 Å². The monoisotopic (exact) mass is 714 g/mol. The maximum Gasteiger partial charge on any atom is 0.164 e. The standard InChI is InChI=1S/C51H30N4O/c1-3-14-32(15-4-1)49-52-50(33-16-5-2-6-17-33)54-51(53-49)38-27-42-47-39-22-12-11-13-31(39)23-24-46(47)56-48(42)45(30-38)55-43-28-36-20-9-7-18-34(36)25-40(43)41-26-35-19-8-10-21-37(35)29-44(41)55/h1-30H. The summed E-state index contributed by atoms with van der Waals surface area (Å²) in [4.78, 5) is 15.4. The SMILES string of the molecule is c1ccc(-c2nc(-c3ccccc3)nc(-c3cc(-n4c5cc6ccccc6cc5c5cc6ccccc6cc54)c4oc5ccc6ccccc6c5c4c3)n2)cc1. The first-order valence-electron chi connectivity index (χ1n) is 18.8. The smallest absolute Gasteiger partial charge is 0.164 e. The molecule has 0 aliphatic rings. The van der Waals surface area contributed by atoms with Crippen LogP contribution in [0.15, 0.2) is 186 Å². The van der Waals surface area contributed by atoms with Gasteiger partial charge in [-0.15, -0.1) is 0 Å². The molecule has 0 radical (unpaired) electrons. The van der Waals surface area contributed by atoms with E-state index >= 15 is 0 Å². The molecule has 3 aromatic heterocycles. The van der Waals surface area contributed by atoms with E-state index < -0.39 is 0 Å². The largest absolute Gasteiger partial charge is 0.454 e. The Kier molecular flexibility index (Phi) is 6.56. The Bertz CT molecular complexity index is 3380. The average molecular weight is 715 g/mol. The topological polar surface area (TPSA) is 56.7 Å². The summed E-state index contributed by atoms with van der Waals surface area (Å²) in [5.74, 6) is 1.83. The second-order valence-electron chi connectivity index (χ2n) is 14.4. The first kappa shape index (κ1) is 30.8. The van der Waals surface area contributed by atoms with Crippen LogP contribution in [0.1, 0.15) is 0 Å². The number of nitrogens with zero attached hydrogens (tertiary/aromatic N) is 4. The molecule has 0 N–H and O–H groups in total. The first-order chi connectivity index (χ1) is 27.7. The highest BCUT2D eigenvalue weighted by Crippen LogP contribution is 2.44. The molecule has 12 aromatic rings. The van der Waals surface area contributed by atoms with Gasteiger partial charge in [-0.3, -0.25) is 0 Å². The van der Waals surface area contributed by atoms with Crippen LogP contribution in [-0.2, 0) is 0 Å². The maximum atomic E-state index is 6.99. The predicted octanol–water partition coefficient (Wildman–Crippen LogP) is 13.3. The van der Waals surface area contributed by atoms with Crippen molar-refractivity contribution in [3.8, 4) is 39.9 Å². The number of rotatable bonds is 4. The van der Waals surface area contributed by atoms with E-state index in [1.807, 2.05) is 60.7 Å². The molecule has 0 saturated carbocycles. The molecule has 5 heteroatoms. The van der Waals surface area contributed by atoms with Gasteiger partial charge in [-0.05, 0) is 74.8 Å². The van der Waals surface area contributed by atoms with E-state index in [1.54, 1.807) is 0 Å². The molecule has 9 aromatic carbocycles. The third-order valence-corrected chi connectivity index (χ3v) is 11.1. The van der Waals surface area contributed by atoms with Crippen LogP contribution in [0.25, 0.3) is 116 Å². The van der Waals surface area contributed by atoms with Crippen molar-refractivity contribution in [3.63, 3.8) is 0 Å². The highest BCUT2D eigenvalue weighted by Gasteiger charge is 2.23. The molecule has 0 spiro atoms. The number of hydrogen-bond donors (Lipinski definition) is 0. The highest BCUT2D eigenvalue weighted by molar-refractivity contribution is 6.22. The van der Waals surface area contributed by atoms with Crippen LogP contribution in [0.5, 0.6) is 0 Å². The first-order valence-corrected chi connectivity index (χ1v) is 18.8. The van der Waals surface area contributed by atoms with Crippen molar-refractivity contribution in [3.05, 3.63) is 182 Å². The molecule has 0 aliphatic heterocycles. The Labute approximate surface area is 320 Å². The van der Waals surface area contributed by atoms with Gasteiger partial charge < -0.3 is 8.98 Å². The zero-order chi connectivity index (χ0) is 36.7. The number of fused-ring (bicyclic) bond motifs is 10. The molecule has 0 unspecified atom stereocenters. The fourth-order valence-corrected chi connectivity index (χ4v) is 8.51. The second-order valence-corrected chi connectivity index (χ2v) is 14.4. The van der Waals surface area contributed by atoms with Gasteiger partial charge in [-0.25, -0.2) is 15.0 Å². The molecule has 0 aliphatic carbocycles. The normalized spacial score (nSPS) is 11.9. The van der Waals surface area contributed by atoms with E-state index in [2.05, 4.69) is 126 Å². The molecule has 0 atom stereocenters. The number of aromatic nitrogens is 4. The Morgan fingerprint density at radius 3 is 1.41 bits per heavy atom. The van der Waals surface area contributed by atoms with E-state index in [-0.39, 0.29) is 0 Å². The lowest BCUT2D eigenvalue weighted by Crippen LogP contribution is -2.01. The molecule has 5 nitrogen and oxygen atoms in total. The highest BCUT2D eigenvalue weighted by atomic mass is 16.3. The summed E-state index contributed by atoms with van der Waals surface area (Å²) in [6.07, 6.45) is 0. The second kappa shape index (κ2) is 11.9. The van der Waals surface area contributed by atoms with E-state index in [4.69, 9.17) is 19.4 Å². The summed E-state index contributed by atoms with van der Waals surface area (Å²) >= 11 is 0. The summed E-state index contributed by atoms with van der Waals surface area (Å²) in [5.41, 5.74) is 7.49.